The molecule has 82 valence electrons. The second kappa shape index (κ2) is 4.31. The van der Waals surface area contributed by atoms with E-state index in [0.717, 1.165) is 35.7 Å². The van der Waals surface area contributed by atoms with Crippen LogP contribution < -0.4 is 0 Å². The zero-order valence-corrected chi connectivity index (χ0v) is 9.53. The highest BCUT2D eigenvalue weighted by Gasteiger charge is 2.22. The molecule has 1 aromatic heterocycles. The topological polar surface area (TPSA) is 33.1 Å². The lowest BCUT2D eigenvalue weighted by Crippen LogP contribution is -2.02. The molecule has 0 spiro atoms. The summed E-state index contributed by atoms with van der Waals surface area (Å²) in [6, 6.07) is 3.98. The van der Waals surface area contributed by atoms with Crippen LogP contribution in [0.5, 0.6) is 0 Å². The number of hydrogen-bond acceptors (Lipinski definition) is 2. The molecule has 1 unspecified atom stereocenters. The highest BCUT2D eigenvalue weighted by molar-refractivity contribution is 5.23. The van der Waals surface area contributed by atoms with Crippen molar-refractivity contribution < 1.29 is 5.11 Å². The van der Waals surface area contributed by atoms with Crippen molar-refractivity contribution in [1.82, 2.24) is 4.98 Å². The van der Waals surface area contributed by atoms with Gasteiger partial charge in [0, 0.05) is 17.0 Å². The second-order valence-electron chi connectivity index (χ2n) is 4.66. The molecule has 0 amide bonds. The predicted molar refractivity (Wildman–Crippen MR) is 60.6 cm³/mol. The van der Waals surface area contributed by atoms with Crippen LogP contribution in [0.15, 0.2) is 12.1 Å². The van der Waals surface area contributed by atoms with Gasteiger partial charge >= 0.3 is 0 Å². The lowest BCUT2D eigenvalue weighted by Gasteiger charge is -2.13. The van der Waals surface area contributed by atoms with E-state index in [0.29, 0.717) is 0 Å². The average Bonchev–Trinajstić information content (AvgIpc) is 2.97. The van der Waals surface area contributed by atoms with E-state index in [1.807, 2.05) is 26.0 Å². The molecule has 0 radical (unpaired) electrons. The van der Waals surface area contributed by atoms with Gasteiger partial charge in [-0.15, -0.1) is 0 Å². The van der Waals surface area contributed by atoms with Crippen LogP contribution in [0.3, 0.4) is 0 Å². The van der Waals surface area contributed by atoms with Crippen molar-refractivity contribution in [1.29, 1.82) is 0 Å². The Balaban J connectivity index is 1.99. The molecule has 0 aliphatic heterocycles. The number of aliphatic hydroxyl groups excluding tert-OH is 1. The number of nitrogens with zero attached hydrogens (tertiary/aromatic N) is 1. The first-order valence-electron chi connectivity index (χ1n) is 5.79. The minimum Gasteiger partial charge on any atom is -0.388 e. The van der Waals surface area contributed by atoms with Crippen molar-refractivity contribution in [3.05, 3.63) is 29.1 Å². The summed E-state index contributed by atoms with van der Waals surface area (Å²) in [7, 11) is 0. The van der Waals surface area contributed by atoms with Crippen molar-refractivity contribution in [3.8, 4) is 0 Å². The molecule has 1 fully saturated rings. The van der Waals surface area contributed by atoms with Gasteiger partial charge in [0.1, 0.15) is 0 Å². The van der Waals surface area contributed by atoms with E-state index in [1.54, 1.807) is 0 Å². The van der Waals surface area contributed by atoms with Gasteiger partial charge in [0.15, 0.2) is 0 Å². The summed E-state index contributed by atoms with van der Waals surface area (Å²) < 4.78 is 0. The molecule has 2 heteroatoms. The number of aliphatic hydroxyl groups is 1. The zero-order valence-electron chi connectivity index (χ0n) is 9.53. The Hall–Kier alpha value is -0.890. The molecule has 15 heavy (non-hydrogen) atoms. The molecule has 0 saturated heterocycles. The molecule has 1 aliphatic rings. The number of aromatic nitrogens is 1. The fraction of sp³-hybridized carbons (Fsp3) is 0.615. The van der Waals surface area contributed by atoms with Crippen LogP contribution in [-0.4, -0.2) is 10.1 Å². The van der Waals surface area contributed by atoms with E-state index in [2.05, 4.69) is 4.98 Å². The fourth-order valence-electron chi connectivity index (χ4n) is 2.01. The summed E-state index contributed by atoms with van der Waals surface area (Å²) in [5, 5.41) is 10.0. The van der Waals surface area contributed by atoms with Gasteiger partial charge in [-0.25, -0.2) is 0 Å². The molecule has 1 N–H and O–H groups in total. The quantitative estimate of drug-likeness (QED) is 0.819. The molecular weight excluding hydrogens is 186 g/mol. The first-order chi connectivity index (χ1) is 7.16. The van der Waals surface area contributed by atoms with Crippen LogP contribution in [0.1, 0.15) is 48.7 Å². The zero-order chi connectivity index (χ0) is 10.8. The Morgan fingerprint density at radius 1 is 1.40 bits per heavy atom. The second-order valence-corrected chi connectivity index (χ2v) is 4.66. The largest absolute Gasteiger partial charge is 0.388 e. The van der Waals surface area contributed by atoms with Crippen LogP contribution in [0, 0.1) is 19.8 Å². The highest BCUT2D eigenvalue weighted by Crippen LogP contribution is 2.36. The van der Waals surface area contributed by atoms with Gasteiger partial charge in [0.25, 0.3) is 0 Å². The maximum Gasteiger partial charge on any atom is 0.0807 e. The Kier molecular flexibility index (Phi) is 3.06. The Morgan fingerprint density at radius 3 is 2.73 bits per heavy atom. The van der Waals surface area contributed by atoms with Gasteiger partial charge in [0.2, 0.25) is 0 Å². The third-order valence-electron chi connectivity index (χ3n) is 3.17. The first-order valence-corrected chi connectivity index (χ1v) is 5.79. The van der Waals surface area contributed by atoms with Crippen molar-refractivity contribution in [2.45, 2.75) is 45.6 Å². The van der Waals surface area contributed by atoms with E-state index in [1.165, 1.54) is 12.8 Å². The first kappa shape index (κ1) is 10.6. The van der Waals surface area contributed by atoms with E-state index in [4.69, 9.17) is 0 Å². The summed E-state index contributed by atoms with van der Waals surface area (Å²) in [6.45, 7) is 3.95. The summed E-state index contributed by atoms with van der Waals surface area (Å²) in [5.41, 5.74) is 2.99. The molecule has 2 nitrogen and oxygen atoms in total. The molecule has 1 atom stereocenters. The van der Waals surface area contributed by atoms with Crippen LogP contribution in [0.4, 0.5) is 0 Å². The third kappa shape index (κ3) is 2.78. The minimum atomic E-state index is -0.321. The van der Waals surface area contributed by atoms with Gasteiger partial charge < -0.3 is 5.11 Å². The summed E-state index contributed by atoms with van der Waals surface area (Å²) in [5.74, 6) is 0.887. The van der Waals surface area contributed by atoms with Gasteiger partial charge in [-0.1, -0.05) is 18.9 Å². The summed E-state index contributed by atoms with van der Waals surface area (Å²) in [6.07, 6.45) is 4.44. The number of pyridine rings is 1. The highest BCUT2D eigenvalue weighted by atomic mass is 16.3. The Bertz CT molecular complexity index is 344. The SMILES string of the molecule is Cc1ccc(C(O)CCC2CC2)c(C)n1. The molecule has 0 bridgehead atoms. The van der Waals surface area contributed by atoms with Crippen molar-refractivity contribution in [3.63, 3.8) is 0 Å². The van der Waals surface area contributed by atoms with Crippen LogP contribution >= 0.6 is 0 Å². The molecule has 1 saturated carbocycles. The maximum absolute atomic E-state index is 10.0. The summed E-state index contributed by atoms with van der Waals surface area (Å²) in [4.78, 5) is 4.38. The number of aryl methyl sites for hydroxylation is 2. The third-order valence-corrected chi connectivity index (χ3v) is 3.17. The van der Waals surface area contributed by atoms with Gasteiger partial charge in [-0.05, 0) is 38.7 Å². The lowest BCUT2D eigenvalue weighted by molar-refractivity contribution is 0.161. The van der Waals surface area contributed by atoms with Crippen molar-refractivity contribution >= 4 is 0 Å². The van der Waals surface area contributed by atoms with Gasteiger partial charge in [-0.3, -0.25) is 4.98 Å². The minimum absolute atomic E-state index is 0.321. The van der Waals surface area contributed by atoms with Crippen LogP contribution in [0.25, 0.3) is 0 Å². The normalized spacial score (nSPS) is 17.8. The maximum atomic E-state index is 10.0. The Morgan fingerprint density at radius 2 is 2.13 bits per heavy atom. The smallest absolute Gasteiger partial charge is 0.0807 e. The van der Waals surface area contributed by atoms with Crippen molar-refractivity contribution in [2.24, 2.45) is 5.92 Å². The average molecular weight is 205 g/mol. The lowest BCUT2D eigenvalue weighted by atomic mass is 10.0. The number of hydrogen-bond donors (Lipinski definition) is 1. The monoisotopic (exact) mass is 205 g/mol. The van der Waals surface area contributed by atoms with Gasteiger partial charge in [0.05, 0.1) is 6.10 Å². The van der Waals surface area contributed by atoms with Gasteiger partial charge in [-0.2, -0.15) is 0 Å². The molecule has 1 aromatic rings. The van der Waals surface area contributed by atoms with Crippen LogP contribution in [-0.2, 0) is 0 Å². The molecule has 0 aromatic carbocycles. The molecule has 1 heterocycles. The van der Waals surface area contributed by atoms with E-state index < -0.39 is 0 Å². The number of rotatable bonds is 4. The Labute approximate surface area is 91.4 Å². The predicted octanol–water partition coefficient (Wildman–Crippen LogP) is 2.92. The molecular formula is C13H19NO. The van der Waals surface area contributed by atoms with Crippen LogP contribution in [0.2, 0.25) is 0 Å². The molecule has 2 rings (SSSR count). The van der Waals surface area contributed by atoms with E-state index >= 15 is 0 Å². The molecule has 1 aliphatic carbocycles. The van der Waals surface area contributed by atoms with E-state index in [9.17, 15) is 5.11 Å². The van der Waals surface area contributed by atoms with E-state index in [-0.39, 0.29) is 6.10 Å². The summed E-state index contributed by atoms with van der Waals surface area (Å²) >= 11 is 0. The standard InChI is InChI=1S/C13H19NO/c1-9-3-7-12(10(2)14-9)13(15)8-6-11-4-5-11/h3,7,11,13,15H,4-6,8H2,1-2H3. The van der Waals surface area contributed by atoms with Crippen molar-refractivity contribution in [2.75, 3.05) is 0 Å². The fourth-order valence-corrected chi connectivity index (χ4v) is 2.01.